The highest BCUT2D eigenvalue weighted by Gasteiger charge is 2.66. The number of halogens is 11. The fourth-order valence-electron chi connectivity index (χ4n) is 3.40. The molecular formula is C22H3F11N6S. The standard InChI is InChI=1S/C22H3F11N6S/c23-21(24,25)17-1-10(2-18(16(17)9-39)22(26,27)28)13(6-36)20-15(8-38)14(7-37)12(11(4-34)5-35)3-19(20)40(29,30,31,32)33/h1-3H/b20-13+. The van der Waals surface area contributed by atoms with Crippen molar-refractivity contribution in [2.24, 2.45) is 0 Å². The molecule has 0 N–H and O–H groups in total. The van der Waals surface area contributed by atoms with Crippen molar-refractivity contribution >= 4 is 21.4 Å². The van der Waals surface area contributed by atoms with Gasteiger partial charge in [0, 0.05) is 10.4 Å². The SMILES string of the molecule is N#CC(C#N)=c1cc(S(F)(F)(F)(F)F)/c(=C(\C#N)c2cc(C(F)(F)F)c(C#N)c(C(F)(F)F)c2)c(C#N)c1C#N. The van der Waals surface area contributed by atoms with Crippen molar-refractivity contribution in [3.8, 4) is 36.4 Å². The van der Waals surface area contributed by atoms with Crippen LogP contribution in [0.2, 0.25) is 0 Å². The summed E-state index contributed by atoms with van der Waals surface area (Å²) in [6, 6.07) is 3.85. The van der Waals surface area contributed by atoms with Gasteiger partial charge in [0.15, 0.2) is 0 Å². The van der Waals surface area contributed by atoms with Gasteiger partial charge in [-0.15, -0.1) is 0 Å². The Labute approximate surface area is 214 Å². The summed E-state index contributed by atoms with van der Waals surface area (Å²) in [5, 5.41) is 51.6. The van der Waals surface area contributed by atoms with Crippen LogP contribution in [0, 0.1) is 68.0 Å². The first-order chi connectivity index (χ1) is 18.0. The van der Waals surface area contributed by atoms with E-state index in [2.05, 4.69) is 0 Å². The fourth-order valence-corrected chi connectivity index (χ4v) is 4.33. The number of alkyl halides is 6. The van der Waals surface area contributed by atoms with E-state index in [1.165, 1.54) is 0 Å². The fraction of sp³-hybridized carbons (Fsp3) is 0.0909. The molecule has 0 bridgehead atoms. The van der Waals surface area contributed by atoms with Crippen LogP contribution in [0.3, 0.4) is 0 Å². The molecule has 0 amide bonds. The van der Waals surface area contributed by atoms with Crippen LogP contribution >= 0.6 is 10.2 Å². The molecule has 6 nitrogen and oxygen atoms in total. The Morgan fingerprint density at radius 1 is 0.600 bits per heavy atom. The van der Waals surface area contributed by atoms with Crippen LogP contribution in [-0.4, -0.2) is 0 Å². The maximum absolute atomic E-state index is 14.2. The molecular weight excluding hydrogens is 589 g/mol. The summed E-state index contributed by atoms with van der Waals surface area (Å²) < 4.78 is 152. The lowest BCUT2D eigenvalue weighted by Gasteiger charge is -2.41. The average Bonchev–Trinajstić information content (AvgIpc) is 2.81. The second-order valence-electron chi connectivity index (χ2n) is 7.38. The van der Waals surface area contributed by atoms with Crippen molar-refractivity contribution in [1.82, 2.24) is 0 Å². The number of benzene rings is 2. The number of nitriles is 6. The van der Waals surface area contributed by atoms with Gasteiger partial charge in [0.1, 0.15) is 46.9 Å². The molecule has 0 aliphatic heterocycles. The highest BCUT2D eigenvalue weighted by Crippen LogP contribution is 3.01. The number of nitrogens with zero attached hydrogens (tertiary/aromatic N) is 6. The molecule has 18 heteroatoms. The first-order valence-electron chi connectivity index (χ1n) is 9.43. The third-order valence-corrected chi connectivity index (χ3v) is 6.09. The Balaban J connectivity index is 3.65. The van der Waals surface area contributed by atoms with E-state index in [-0.39, 0.29) is 0 Å². The van der Waals surface area contributed by atoms with Crippen LogP contribution in [-0.2, 0) is 12.4 Å². The van der Waals surface area contributed by atoms with Gasteiger partial charge in [-0.3, -0.25) is 0 Å². The number of rotatable bonds is 2. The predicted molar refractivity (Wildman–Crippen MR) is 110 cm³/mol. The van der Waals surface area contributed by atoms with Crippen LogP contribution in [0.15, 0.2) is 23.1 Å². The van der Waals surface area contributed by atoms with E-state index in [4.69, 9.17) is 15.8 Å². The molecule has 0 saturated heterocycles. The van der Waals surface area contributed by atoms with E-state index < -0.39 is 101 Å². The van der Waals surface area contributed by atoms with E-state index in [1.807, 2.05) is 0 Å². The second-order valence-corrected chi connectivity index (χ2v) is 9.76. The Morgan fingerprint density at radius 2 is 1.02 bits per heavy atom. The van der Waals surface area contributed by atoms with Crippen molar-refractivity contribution in [2.45, 2.75) is 17.2 Å². The zero-order valence-electron chi connectivity index (χ0n) is 18.5. The molecule has 0 atom stereocenters. The Hall–Kier alpha value is -5.30. The molecule has 2 aromatic carbocycles. The first-order valence-corrected chi connectivity index (χ1v) is 11.4. The summed E-state index contributed by atoms with van der Waals surface area (Å²) in [5.41, 5.74) is -15.2. The summed E-state index contributed by atoms with van der Waals surface area (Å²) in [7, 11) is -11.2. The summed E-state index contributed by atoms with van der Waals surface area (Å²) in [6.45, 7) is 0. The van der Waals surface area contributed by atoms with Gasteiger partial charge in [-0.25, -0.2) is 0 Å². The number of hydrogen-bond donors (Lipinski definition) is 0. The van der Waals surface area contributed by atoms with E-state index in [0.717, 1.165) is 30.3 Å². The maximum atomic E-state index is 14.2. The van der Waals surface area contributed by atoms with Gasteiger partial charge in [-0.1, -0.05) is 19.4 Å². The predicted octanol–water partition coefficient (Wildman–Crippen LogP) is 5.92. The molecule has 0 aromatic heterocycles. The van der Waals surface area contributed by atoms with Gasteiger partial charge in [0.25, 0.3) is 0 Å². The van der Waals surface area contributed by atoms with Gasteiger partial charge in [0.05, 0.1) is 33.4 Å². The lowest BCUT2D eigenvalue weighted by molar-refractivity contribution is -0.143. The van der Waals surface area contributed by atoms with E-state index in [1.54, 1.807) is 0 Å². The third kappa shape index (κ3) is 5.59. The first kappa shape index (κ1) is 30.9. The van der Waals surface area contributed by atoms with Gasteiger partial charge in [-0.05, 0) is 23.8 Å². The van der Waals surface area contributed by atoms with Crippen LogP contribution in [0.5, 0.6) is 0 Å². The zero-order valence-corrected chi connectivity index (χ0v) is 19.3. The maximum Gasteiger partial charge on any atom is 0.417 e. The van der Waals surface area contributed by atoms with Crippen molar-refractivity contribution in [1.29, 1.82) is 31.6 Å². The van der Waals surface area contributed by atoms with Gasteiger partial charge in [0.2, 0.25) is 0 Å². The average molecular weight is 592 g/mol. The smallest absolute Gasteiger partial charge is 0.192 e. The zero-order chi connectivity index (χ0) is 31.1. The molecule has 0 unspecified atom stereocenters. The van der Waals surface area contributed by atoms with E-state index in [9.17, 15) is 61.6 Å². The van der Waals surface area contributed by atoms with Gasteiger partial charge < -0.3 is 0 Å². The minimum Gasteiger partial charge on any atom is -0.192 e. The van der Waals surface area contributed by atoms with Crippen LogP contribution in [0.25, 0.3) is 11.1 Å². The lowest BCUT2D eigenvalue weighted by Crippen LogP contribution is -2.30. The van der Waals surface area contributed by atoms with Gasteiger partial charge >= 0.3 is 22.6 Å². The minimum atomic E-state index is -11.2. The molecule has 204 valence electrons. The summed E-state index contributed by atoms with van der Waals surface area (Å²) in [4.78, 5) is -3.25. The quantitative estimate of drug-likeness (QED) is 0.397. The monoisotopic (exact) mass is 592 g/mol. The molecule has 40 heavy (non-hydrogen) atoms. The summed E-state index contributed by atoms with van der Waals surface area (Å²) in [5.74, 6) is 0. The minimum absolute atomic E-state index is 0.398. The normalized spacial score (nSPS) is 14.0. The van der Waals surface area contributed by atoms with E-state index in [0.29, 0.717) is 6.07 Å². The largest absolute Gasteiger partial charge is 0.417 e. The summed E-state index contributed by atoms with van der Waals surface area (Å²) >= 11 is 0. The molecule has 0 aliphatic rings. The van der Waals surface area contributed by atoms with Crippen molar-refractivity contribution in [2.75, 3.05) is 0 Å². The van der Waals surface area contributed by atoms with Gasteiger partial charge in [-0.2, -0.15) is 57.9 Å². The topological polar surface area (TPSA) is 143 Å². The second kappa shape index (κ2) is 8.88. The highest BCUT2D eigenvalue weighted by atomic mass is 32.5. The molecule has 0 fully saturated rings. The van der Waals surface area contributed by atoms with Crippen LogP contribution in [0.4, 0.5) is 45.8 Å². The molecule has 0 spiro atoms. The Morgan fingerprint density at radius 3 is 1.32 bits per heavy atom. The highest BCUT2D eigenvalue weighted by molar-refractivity contribution is 8.45. The molecule has 2 rings (SSSR count). The summed E-state index contributed by atoms with van der Waals surface area (Å²) in [6.07, 6.45) is -11.6. The third-order valence-electron chi connectivity index (χ3n) is 4.93. The molecule has 0 aliphatic carbocycles. The lowest BCUT2D eigenvalue weighted by atomic mass is 9.91. The Bertz CT molecular complexity index is 1810. The van der Waals surface area contributed by atoms with Crippen LogP contribution in [0.1, 0.15) is 33.4 Å². The Kier molecular flexibility index (Phi) is 6.86. The molecule has 0 heterocycles. The number of hydrogen-bond acceptors (Lipinski definition) is 6. The van der Waals surface area contributed by atoms with Crippen LogP contribution < -0.4 is 10.4 Å². The molecule has 2 aromatic rings. The molecule has 0 radical (unpaired) electrons. The van der Waals surface area contributed by atoms with Crippen molar-refractivity contribution < 1.29 is 45.8 Å². The van der Waals surface area contributed by atoms with Crippen molar-refractivity contribution in [3.63, 3.8) is 0 Å². The van der Waals surface area contributed by atoms with Crippen molar-refractivity contribution in [3.05, 3.63) is 62.0 Å². The van der Waals surface area contributed by atoms with E-state index >= 15 is 0 Å². The molecule has 0 saturated carbocycles.